The van der Waals surface area contributed by atoms with Crippen LogP contribution in [0.5, 0.6) is 0 Å². The summed E-state index contributed by atoms with van der Waals surface area (Å²) in [6.07, 6.45) is 5.33. The molecule has 0 amide bonds. The fourth-order valence-electron chi connectivity index (χ4n) is 2.84. The van der Waals surface area contributed by atoms with Gasteiger partial charge in [0.25, 0.3) is 0 Å². The highest BCUT2D eigenvalue weighted by Crippen LogP contribution is 2.22. The first-order valence-corrected chi connectivity index (χ1v) is 10.4. The van der Waals surface area contributed by atoms with Gasteiger partial charge in [-0.15, -0.1) is 24.0 Å². The highest BCUT2D eigenvalue weighted by atomic mass is 127. The second-order valence-corrected chi connectivity index (χ2v) is 8.63. The average Bonchev–Trinajstić information content (AvgIpc) is 2.56. The number of rotatable bonds is 9. The highest BCUT2D eigenvalue weighted by molar-refractivity contribution is 14.0. The summed E-state index contributed by atoms with van der Waals surface area (Å²) in [5, 5.41) is 7.17. The van der Waals surface area contributed by atoms with Gasteiger partial charge in [0.15, 0.2) is 5.96 Å². The monoisotopic (exact) mass is 473 g/mol. The van der Waals surface area contributed by atoms with Crippen LogP contribution in [-0.4, -0.2) is 54.0 Å². The zero-order valence-electron chi connectivity index (χ0n) is 15.7. The van der Waals surface area contributed by atoms with Gasteiger partial charge in [0.05, 0.1) is 0 Å². The maximum atomic E-state index is 12.0. The summed E-state index contributed by atoms with van der Waals surface area (Å²) in [5.74, 6) is 2.20. The van der Waals surface area contributed by atoms with Gasteiger partial charge >= 0.3 is 0 Å². The summed E-state index contributed by atoms with van der Waals surface area (Å²) < 4.78 is 17.6. The summed E-state index contributed by atoms with van der Waals surface area (Å²) in [7, 11) is 1.12. The topological polar surface area (TPSA) is 62.7 Å². The molecule has 3 unspecified atom stereocenters. The molecule has 1 aliphatic carbocycles. The molecule has 0 saturated heterocycles. The van der Waals surface area contributed by atoms with Crippen LogP contribution in [0.1, 0.15) is 52.9 Å². The molecule has 0 aromatic carbocycles. The van der Waals surface area contributed by atoms with Gasteiger partial charge in [-0.3, -0.25) is 9.20 Å². The van der Waals surface area contributed by atoms with E-state index in [4.69, 9.17) is 4.74 Å². The first-order chi connectivity index (χ1) is 11.1. The second kappa shape index (κ2) is 14.3. The summed E-state index contributed by atoms with van der Waals surface area (Å²) in [6, 6.07) is 0.382. The minimum absolute atomic E-state index is 0. The van der Waals surface area contributed by atoms with Crippen LogP contribution in [0.3, 0.4) is 0 Å². The van der Waals surface area contributed by atoms with Crippen LogP contribution in [0.2, 0.25) is 0 Å². The van der Waals surface area contributed by atoms with Crippen molar-refractivity contribution in [1.29, 1.82) is 0 Å². The molecule has 1 fully saturated rings. The van der Waals surface area contributed by atoms with Crippen molar-refractivity contribution in [2.24, 2.45) is 10.9 Å². The number of nitrogens with one attached hydrogen (secondary N) is 2. The molecule has 0 radical (unpaired) electrons. The van der Waals surface area contributed by atoms with Crippen molar-refractivity contribution in [2.75, 3.05) is 32.6 Å². The maximum Gasteiger partial charge on any atom is 0.191 e. The standard InChI is InChI=1S/C17H35N3O2S.HI/c1-5-23(21)16-9-6-8-15(12-16)20-17(18-4)19-10-7-11-22-13-14(2)3;/h14-16H,5-13H2,1-4H3,(H2,18,19,20);1H. The van der Waals surface area contributed by atoms with Crippen molar-refractivity contribution >= 4 is 40.7 Å². The highest BCUT2D eigenvalue weighted by Gasteiger charge is 2.25. The van der Waals surface area contributed by atoms with Gasteiger partial charge in [0.1, 0.15) is 0 Å². The molecule has 0 heterocycles. The number of aliphatic imine (C=N–C) groups is 1. The molecular weight excluding hydrogens is 437 g/mol. The van der Waals surface area contributed by atoms with Crippen LogP contribution >= 0.6 is 24.0 Å². The van der Waals surface area contributed by atoms with E-state index < -0.39 is 10.8 Å². The number of guanidine groups is 1. The molecule has 0 aromatic heterocycles. The van der Waals surface area contributed by atoms with E-state index in [-0.39, 0.29) is 24.0 Å². The maximum absolute atomic E-state index is 12.0. The third-order valence-electron chi connectivity index (χ3n) is 4.06. The minimum Gasteiger partial charge on any atom is -0.381 e. The Hall–Kier alpha value is 0.110. The van der Waals surface area contributed by atoms with Gasteiger partial charge in [0.2, 0.25) is 0 Å². The van der Waals surface area contributed by atoms with E-state index in [9.17, 15) is 4.21 Å². The fraction of sp³-hybridized carbons (Fsp3) is 0.941. The van der Waals surface area contributed by atoms with Gasteiger partial charge in [-0.1, -0.05) is 27.2 Å². The number of hydrogen-bond acceptors (Lipinski definition) is 3. The van der Waals surface area contributed by atoms with Crippen LogP contribution in [-0.2, 0) is 15.5 Å². The molecule has 0 spiro atoms. The van der Waals surface area contributed by atoms with Crippen molar-refractivity contribution < 1.29 is 8.95 Å². The molecule has 1 aliphatic rings. The average molecular weight is 473 g/mol. The molecule has 1 rings (SSSR count). The number of hydrogen-bond donors (Lipinski definition) is 2. The first kappa shape index (κ1) is 24.1. The molecule has 1 saturated carbocycles. The molecule has 0 bridgehead atoms. The van der Waals surface area contributed by atoms with Crippen LogP contribution in [0.15, 0.2) is 4.99 Å². The summed E-state index contributed by atoms with van der Waals surface area (Å²) in [4.78, 5) is 4.30. The third-order valence-corrected chi connectivity index (χ3v) is 5.80. The smallest absolute Gasteiger partial charge is 0.191 e. The zero-order chi connectivity index (χ0) is 17.1. The normalized spacial score (nSPS) is 22.8. The van der Waals surface area contributed by atoms with E-state index in [1.54, 1.807) is 7.05 Å². The van der Waals surface area contributed by atoms with Crippen molar-refractivity contribution in [3.05, 3.63) is 0 Å². The Balaban J connectivity index is 0.00000529. The summed E-state index contributed by atoms with van der Waals surface area (Å²) >= 11 is 0. The number of nitrogens with zero attached hydrogens (tertiary/aromatic N) is 1. The Kier molecular flexibility index (Phi) is 14.4. The van der Waals surface area contributed by atoms with Crippen LogP contribution in [0.4, 0.5) is 0 Å². The van der Waals surface area contributed by atoms with E-state index in [0.717, 1.165) is 63.6 Å². The molecule has 24 heavy (non-hydrogen) atoms. The molecule has 2 N–H and O–H groups in total. The quantitative estimate of drug-likeness (QED) is 0.234. The molecule has 0 aromatic rings. The van der Waals surface area contributed by atoms with Gasteiger partial charge in [-0.2, -0.15) is 0 Å². The molecule has 7 heteroatoms. The van der Waals surface area contributed by atoms with Gasteiger partial charge < -0.3 is 15.4 Å². The molecule has 5 nitrogen and oxygen atoms in total. The summed E-state index contributed by atoms with van der Waals surface area (Å²) in [6.45, 7) is 8.79. The Morgan fingerprint density at radius 3 is 2.75 bits per heavy atom. The lowest BCUT2D eigenvalue weighted by Crippen LogP contribution is -2.46. The van der Waals surface area contributed by atoms with E-state index in [0.29, 0.717) is 17.2 Å². The second-order valence-electron chi connectivity index (χ2n) is 6.62. The van der Waals surface area contributed by atoms with Crippen molar-refractivity contribution in [1.82, 2.24) is 10.6 Å². The van der Waals surface area contributed by atoms with E-state index in [2.05, 4.69) is 29.5 Å². The van der Waals surface area contributed by atoms with Crippen molar-refractivity contribution in [3.63, 3.8) is 0 Å². The molecule has 144 valence electrons. The third kappa shape index (κ3) is 10.2. The lowest BCUT2D eigenvalue weighted by molar-refractivity contribution is 0.108. The van der Waals surface area contributed by atoms with E-state index in [1.165, 1.54) is 0 Å². The largest absolute Gasteiger partial charge is 0.381 e. The number of halogens is 1. The Labute approximate surface area is 167 Å². The van der Waals surface area contributed by atoms with Crippen molar-refractivity contribution in [3.8, 4) is 0 Å². The van der Waals surface area contributed by atoms with Gasteiger partial charge in [-0.05, 0) is 31.6 Å². The van der Waals surface area contributed by atoms with Gasteiger partial charge in [0, 0.05) is 54.7 Å². The van der Waals surface area contributed by atoms with Crippen LogP contribution in [0, 0.1) is 5.92 Å². The summed E-state index contributed by atoms with van der Waals surface area (Å²) in [5.41, 5.74) is 0. The van der Waals surface area contributed by atoms with Crippen LogP contribution in [0.25, 0.3) is 0 Å². The van der Waals surface area contributed by atoms with Crippen molar-refractivity contribution in [2.45, 2.75) is 64.2 Å². The lowest BCUT2D eigenvalue weighted by atomic mass is 9.95. The zero-order valence-corrected chi connectivity index (χ0v) is 18.8. The molecular formula is C17H36IN3O2S. The first-order valence-electron chi connectivity index (χ1n) is 8.98. The van der Waals surface area contributed by atoms with Gasteiger partial charge in [-0.25, -0.2) is 0 Å². The van der Waals surface area contributed by atoms with Crippen LogP contribution < -0.4 is 10.6 Å². The minimum atomic E-state index is -0.681. The SMILES string of the molecule is CCS(=O)C1CCCC(NC(=NC)NCCCOCC(C)C)C1.I. The van der Waals surface area contributed by atoms with E-state index >= 15 is 0 Å². The Morgan fingerprint density at radius 2 is 2.12 bits per heavy atom. The number of ether oxygens (including phenoxy) is 1. The Morgan fingerprint density at radius 1 is 1.38 bits per heavy atom. The molecule has 3 atom stereocenters. The van der Waals surface area contributed by atoms with E-state index in [1.807, 2.05) is 6.92 Å². The fourth-order valence-corrected chi connectivity index (χ4v) is 4.19. The molecule has 0 aliphatic heterocycles. The lowest BCUT2D eigenvalue weighted by Gasteiger charge is -2.30. The predicted octanol–water partition coefficient (Wildman–Crippen LogP) is 2.91. The Bertz CT molecular complexity index is 381. The predicted molar refractivity (Wildman–Crippen MR) is 115 cm³/mol.